The van der Waals surface area contributed by atoms with E-state index in [2.05, 4.69) is 5.32 Å². The topological polar surface area (TPSA) is 58.6 Å². The Morgan fingerprint density at radius 3 is 2.45 bits per heavy atom. The van der Waals surface area contributed by atoms with Gasteiger partial charge in [-0.3, -0.25) is 9.59 Å². The molecule has 2 aliphatic rings. The zero-order valence-corrected chi connectivity index (χ0v) is 13.4. The maximum atomic E-state index is 14.7. The number of hydrogen-bond donors (Lipinski definition) is 1. The zero-order valence-electron chi connectivity index (χ0n) is 13.4. The van der Waals surface area contributed by atoms with Crippen molar-refractivity contribution in [1.82, 2.24) is 10.2 Å². The van der Waals surface area contributed by atoms with Gasteiger partial charge in [-0.15, -0.1) is 0 Å². The lowest BCUT2D eigenvalue weighted by molar-refractivity contribution is -0.145. The maximum Gasteiger partial charge on any atom is 0.257 e. The van der Waals surface area contributed by atoms with E-state index in [1.807, 2.05) is 0 Å². The normalized spacial score (nSPS) is 22.4. The average Bonchev–Trinajstić information content (AvgIpc) is 2.56. The Bertz CT molecular complexity index is 389. The van der Waals surface area contributed by atoms with Gasteiger partial charge in [0, 0.05) is 45.5 Å². The van der Waals surface area contributed by atoms with Gasteiger partial charge in [-0.2, -0.15) is 0 Å². The highest BCUT2D eigenvalue weighted by atomic mass is 19.1. The Morgan fingerprint density at radius 2 is 1.86 bits per heavy atom. The van der Waals surface area contributed by atoms with Crippen molar-refractivity contribution >= 4 is 11.8 Å². The van der Waals surface area contributed by atoms with E-state index in [1.165, 1.54) is 13.5 Å². The van der Waals surface area contributed by atoms with Gasteiger partial charge < -0.3 is 15.0 Å². The summed E-state index contributed by atoms with van der Waals surface area (Å²) in [6, 6.07) is 0. The van der Waals surface area contributed by atoms with Crippen LogP contribution in [-0.4, -0.2) is 55.7 Å². The summed E-state index contributed by atoms with van der Waals surface area (Å²) < 4.78 is 19.5. The molecule has 1 saturated carbocycles. The molecule has 2 amide bonds. The van der Waals surface area contributed by atoms with Gasteiger partial charge in [0.05, 0.1) is 6.61 Å². The minimum Gasteiger partial charge on any atom is -0.383 e. The number of carbonyl (C=O) groups is 2. The Balaban J connectivity index is 1.81. The highest BCUT2D eigenvalue weighted by molar-refractivity contribution is 5.86. The number of alkyl halides is 1. The minimum atomic E-state index is -1.85. The van der Waals surface area contributed by atoms with E-state index >= 15 is 0 Å². The number of hydrogen-bond acceptors (Lipinski definition) is 3. The first-order valence-electron chi connectivity index (χ1n) is 8.32. The summed E-state index contributed by atoms with van der Waals surface area (Å²) in [7, 11) is 1.53. The first-order valence-corrected chi connectivity index (χ1v) is 8.32. The van der Waals surface area contributed by atoms with Crippen LogP contribution in [0.2, 0.25) is 0 Å². The molecule has 0 unspecified atom stereocenters. The molecular weight excluding hydrogens is 287 g/mol. The van der Waals surface area contributed by atoms with Gasteiger partial charge in [-0.1, -0.05) is 19.3 Å². The number of carbonyl (C=O) groups excluding carboxylic acids is 2. The second kappa shape index (κ2) is 7.90. The summed E-state index contributed by atoms with van der Waals surface area (Å²) in [5.41, 5.74) is -1.85. The number of nitrogens with zero attached hydrogens (tertiary/aromatic N) is 1. The molecule has 1 aliphatic heterocycles. The van der Waals surface area contributed by atoms with Crippen LogP contribution >= 0.6 is 0 Å². The van der Waals surface area contributed by atoms with E-state index in [4.69, 9.17) is 4.74 Å². The molecule has 2 rings (SSSR count). The third-order valence-electron chi connectivity index (χ3n) is 4.82. The van der Waals surface area contributed by atoms with Gasteiger partial charge in [0.2, 0.25) is 5.91 Å². The monoisotopic (exact) mass is 314 g/mol. The molecule has 0 atom stereocenters. The molecule has 0 radical (unpaired) electrons. The van der Waals surface area contributed by atoms with Crippen LogP contribution in [0.3, 0.4) is 0 Å². The molecule has 0 aromatic heterocycles. The number of methoxy groups -OCH3 is 1. The number of amides is 2. The van der Waals surface area contributed by atoms with Crippen molar-refractivity contribution in [1.29, 1.82) is 0 Å². The lowest BCUT2D eigenvalue weighted by Gasteiger charge is -2.37. The van der Waals surface area contributed by atoms with Crippen molar-refractivity contribution in [2.24, 2.45) is 5.92 Å². The SMILES string of the molecule is COCCNC(=O)C1(F)CCN(C(=O)C2CCCCC2)CC1. The Kier molecular flexibility index (Phi) is 6.17. The molecule has 126 valence electrons. The van der Waals surface area contributed by atoms with Crippen molar-refractivity contribution in [3.63, 3.8) is 0 Å². The van der Waals surface area contributed by atoms with Crippen LogP contribution in [0.25, 0.3) is 0 Å². The summed E-state index contributed by atoms with van der Waals surface area (Å²) in [6.45, 7) is 1.35. The molecule has 1 N–H and O–H groups in total. The number of piperidine rings is 1. The smallest absolute Gasteiger partial charge is 0.257 e. The number of ether oxygens (including phenoxy) is 1. The molecule has 1 saturated heterocycles. The van der Waals surface area contributed by atoms with Crippen LogP contribution in [0.4, 0.5) is 4.39 Å². The van der Waals surface area contributed by atoms with E-state index in [9.17, 15) is 14.0 Å². The first kappa shape index (κ1) is 17.2. The van der Waals surface area contributed by atoms with Gasteiger partial charge in [0.1, 0.15) is 0 Å². The minimum absolute atomic E-state index is 0.0876. The zero-order chi connectivity index (χ0) is 16.0. The molecule has 6 heteroatoms. The Morgan fingerprint density at radius 1 is 1.23 bits per heavy atom. The molecule has 0 bridgehead atoms. The van der Waals surface area contributed by atoms with E-state index in [1.54, 1.807) is 4.90 Å². The largest absolute Gasteiger partial charge is 0.383 e. The second-order valence-electron chi connectivity index (χ2n) is 6.37. The van der Waals surface area contributed by atoms with Crippen LogP contribution in [0.5, 0.6) is 0 Å². The van der Waals surface area contributed by atoms with Crippen LogP contribution in [0.1, 0.15) is 44.9 Å². The molecule has 5 nitrogen and oxygen atoms in total. The van der Waals surface area contributed by atoms with Crippen LogP contribution < -0.4 is 5.32 Å². The molecule has 2 fully saturated rings. The van der Waals surface area contributed by atoms with Crippen molar-refractivity contribution in [3.05, 3.63) is 0 Å². The van der Waals surface area contributed by atoms with Crippen molar-refractivity contribution in [3.8, 4) is 0 Å². The number of rotatable bonds is 5. The van der Waals surface area contributed by atoms with Gasteiger partial charge in [-0.05, 0) is 12.8 Å². The van der Waals surface area contributed by atoms with E-state index in [0.717, 1.165) is 25.7 Å². The predicted molar refractivity (Wildman–Crippen MR) is 81.1 cm³/mol. The van der Waals surface area contributed by atoms with Gasteiger partial charge in [0.25, 0.3) is 5.91 Å². The quantitative estimate of drug-likeness (QED) is 0.785. The third-order valence-corrected chi connectivity index (χ3v) is 4.82. The van der Waals surface area contributed by atoms with Crippen LogP contribution in [-0.2, 0) is 14.3 Å². The molecule has 0 aromatic carbocycles. The second-order valence-corrected chi connectivity index (χ2v) is 6.37. The summed E-state index contributed by atoms with van der Waals surface area (Å²) in [6.07, 6.45) is 5.51. The molecule has 1 heterocycles. The lowest BCUT2D eigenvalue weighted by atomic mass is 9.86. The Labute approximate surface area is 131 Å². The summed E-state index contributed by atoms with van der Waals surface area (Å²) in [5, 5.41) is 2.56. The average molecular weight is 314 g/mol. The summed E-state index contributed by atoms with van der Waals surface area (Å²) in [5.74, 6) is -0.313. The predicted octanol–water partition coefficient (Wildman–Crippen LogP) is 1.66. The lowest BCUT2D eigenvalue weighted by Crippen LogP contribution is -2.53. The highest BCUT2D eigenvalue weighted by Gasteiger charge is 2.43. The summed E-state index contributed by atoms with van der Waals surface area (Å²) in [4.78, 5) is 26.1. The van der Waals surface area contributed by atoms with Crippen LogP contribution in [0.15, 0.2) is 0 Å². The Hall–Kier alpha value is -1.17. The number of halogens is 1. The standard InChI is InChI=1S/C16H27FN2O3/c1-22-12-9-18-15(21)16(17)7-10-19(11-8-16)14(20)13-5-3-2-4-6-13/h13H,2-12H2,1H3,(H,18,21). The van der Waals surface area contributed by atoms with E-state index in [-0.39, 0.29) is 24.7 Å². The summed E-state index contributed by atoms with van der Waals surface area (Å²) >= 11 is 0. The fourth-order valence-electron chi connectivity index (χ4n) is 3.34. The van der Waals surface area contributed by atoms with Gasteiger partial charge in [0.15, 0.2) is 5.67 Å². The van der Waals surface area contributed by atoms with Crippen molar-refractivity contribution < 1.29 is 18.7 Å². The highest BCUT2D eigenvalue weighted by Crippen LogP contribution is 2.30. The molecule has 22 heavy (non-hydrogen) atoms. The first-order chi connectivity index (χ1) is 10.6. The van der Waals surface area contributed by atoms with Gasteiger partial charge in [-0.25, -0.2) is 4.39 Å². The molecule has 1 aliphatic carbocycles. The van der Waals surface area contributed by atoms with E-state index in [0.29, 0.717) is 26.2 Å². The van der Waals surface area contributed by atoms with Crippen LogP contribution in [0, 0.1) is 5.92 Å². The fraction of sp³-hybridized carbons (Fsp3) is 0.875. The molecule has 0 aromatic rings. The maximum absolute atomic E-state index is 14.7. The number of nitrogens with one attached hydrogen (secondary N) is 1. The van der Waals surface area contributed by atoms with Gasteiger partial charge >= 0.3 is 0 Å². The molecular formula is C16H27FN2O3. The fourth-order valence-corrected chi connectivity index (χ4v) is 3.34. The van der Waals surface area contributed by atoms with Crippen molar-refractivity contribution in [2.75, 3.05) is 33.4 Å². The number of likely N-dealkylation sites (tertiary alicyclic amines) is 1. The van der Waals surface area contributed by atoms with E-state index < -0.39 is 11.6 Å². The third kappa shape index (κ3) is 4.18. The molecule has 0 spiro atoms. The van der Waals surface area contributed by atoms with Crippen molar-refractivity contribution in [2.45, 2.75) is 50.6 Å².